The zero-order chi connectivity index (χ0) is 14.4. The van der Waals surface area contributed by atoms with Crippen LogP contribution in [0.5, 0.6) is 5.75 Å². The summed E-state index contributed by atoms with van der Waals surface area (Å²) in [7, 11) is 0. The summed E-state index contributed by atoms with van der Waals surface area (Å²) in [5.74, 6) is 1.12. The summed E-state index contributed by atoms with van der Waals surface area (Å²) >= 11 is 6.10. The Morgan fingerprint density at radius 2 is 2.40 bits per heavy atom. The molecular formula is C15H21ClN2O2. The second-order valence-corrected chi connectivity index (χ2v) is 5.45. The molecule has 2 rings (SSSR count). The molecule has 1 amide bonds. The molecule has 0 radical (unpaired) electrons. The number of carbonyl (C=O) groups excluding carboxylic acids is 1. The van der Waals surface area contributed by atoms with Crippen LogP contribution in [0.15, 0.2) is 18.2 Å². The fourth-order valence-electron chi connectivity index (χ4n) is 2.42. The van der Waals surface area contributed by atoms with Crippen molar-refractivity contribution >= 4 is 23.2 Å². The number of rotatable bonds is 5. The quantitative estimate of drug-likeness (QED) is 0.878. The third-order valence-electron chi connectivity index (χ3n) is 3.39. The van der Waals surface area contributed by atoms with Crippen LogP contribution in [0.4, 0.5) is 5.69 Å². The lowest BCUT2D eigenvalue weighted by molar-refractivity contribution is -0.117. The first-order valence-electron chi connectivity index (χ1n) is 7.12. The molecule has 0 aromatic heterocycles. The standard InChI is InChI=1S/C15H21ClN2O2/c1-2-20-14-6-5-12(9-13(14)16)18-15(19)8-11-4-3-7-17-10-11/h5-6,9,11,17H,2-4,7-8,10H2,1H3,(H,18,19). The van der Waals surface area contributed by atoms with E-state index in [0.29, 0.717) is 35.4 Å². The van der Waals surface area contributed by atoms with Gasteiger partial charge in [-0.2, -0.15) is 0 Å². The molecule has 0 saturated carbocycles. The number of piperidine rings is 1. The molecule has 1 heterocycles. The van der Waals surface area contributed by atoms with Crippen molar-refractivity contribution in [3.05, 3.63) is 23.2 Å². The van der Waals surface area contributed by atoms with Crippen molar-refractivity contribution in [3.8, 4) is 5.75 Å². The van der Waals surface area contributed by atoms with Gasteiger partial charge in [0, 0.05) is 12.1 Å². The second kappa shape index (κ2) is 7.50. The lowest BCUT2D eigenvalue weighted by Gasteiger charge is -2.22. The Hall–Kier alpha value is -1.26. The van der Waals surface area contributed by atoms with Crippen LogP contribution in [0.3, 0.4) is 0 Å². The van der Waals surface area contributed by atoms with Crippen molar-refractivity contribution in [1.82, 2.24) is 5.32 Å². The molecule has 1 unspecified atom stereocenters. The Labute approximate surface area is 124 Å². The van der Waals surface area contributed by atoms with E-state index in [4.69, 9.17) is 16.3 Å². The number of nitrogens with one attached hydrogen (secondary N) is 2. The molecule has 0 aliphatic carbocycles. The highest BCUT2D eigenvalue weighted by Gasteiger charge is 2.17. The molecular weight excluding hydrogens is 276 g/mol. The Bertz CT molecular complexity index is 459. The largest absolute Gasteiger partial charge is 0.492 e. The summed E-state index contributed by atoms with van der Waals surface area (Å²) in [5, 5.41) is 6.73. The normalized spacial score (nSPS) is 18.6. The van der Waals surface area contributed by atoms with E-state index in [2.05, 4.69) is 10.6 Å². The van der Waals surface area contributed by atoms with Crippen LogP contribution in [-0.2, 0) is 4.79 Å². The molecule has 1 aliphatic rings. The number of ether oxygens (including phenoxy) is 1. The minimum atomic E-state index is 0.0407. The number of anilines is 1. The monoisotopic (exact) mass is 296 g/mol. The molecule has 0 spiro atoms. The molecule has 1 saturated heterocycles. The first-order chi connectivity index (χ1) is 9.69. The van der Waals surface area contributed by atoms with Crippen molar-refractivity contribution in [1.29, 1.82) is 0 Å². The summed E-state index contributed by atoms with van der Waals surface area (Å²) < 4.78 is 5.37. The van der Waals surface area contributed by atoms with E-state index < -0.39 is 0 Å². The molecule has 5 heteroatoms. The lowest BCUT2D eigenvalue weighted by Crippen LogP contribution is -2.32. The number of hydrogen-bond acceptors (Lipinski definition) is 3. The predicted octanol–water partition coefficient (Wildman–Crippen LogP) is 3.07. The molecule has 1 fully saturated rings. The maximum atomic E-state index is 12.0. The minimum absolute atomic E-state index is 0.0407. The van der Waals surface area contributed by atoms with Crippen LogP contribution in [0.2, 0.25) is 5.02 Å². The first-order valence-corrected chi connectivity index (χ1v) is 7.49. The topological polar surface area (TPSA) is 50.4 Å². The van der Waals surface area contributed by atoms with E-state index in [0.717, 1.165) is 25.9 Å². The highest BCUT2D eigenvalue weighted by atomic mass is 35.5. The maximum absolute atomic E-state index is 12.0. The van der Waals surface area contributed by atoms with E-state index in [1.165, 1.54) is 0 Å². The van der Waals surface area contributed by atoms with Gasteiger partial charge in [0.2, 0.25) is 5.91 Å². The molecule has 1 aromatic carbocycles. The third-order valence-corrected chi connectivity index (χ3v) is 3.68. The van der Waals surface area contributed by atoms with Crippen LogP contribution < -0.4 is 15.4 Å². The van der Waals surface area contributed by atoms with Crippen LogP contribution >= 0.6 is 11.6 Å². The Morgan fingerprint density at radius 3 is 3.05 bits per heavy atom. The van der Waals surface area contributed by atoms with Gasteiger partial charge in [0.05, 0.1) is 11.6 Å². The van der Waals surface area contributed by atoms with Gasteiger partial charge in [0.15, 0.2) is 0 Å². The number of halogens is 1. The molecule has 4 nitrogen and oxygen atoms in total. The Balaban J connectivity index is 1.88. The Morgan fingerprint density at radius 1 is 1.55 bits per heavy atom. The van der Waals surface area contributed by atoms with Crippen LogP contribution in [0.1, 0.15) is 26.2 Å². The van der Waals surface area contributed by atoms with Crippen molar-refractivity contribution < 1.29 is 9.53 Å². The van der Waals surface area contributed by atoms with E-state index in [-0.39, 0.29) is 5.91 Å². The summed E-state index contributed by atoms with van der Waals surface area (Å²) in [6.07, 6.45) is 2.81. The van der Waals surface area contributed by atoms with Gasteiger partial charge >= 0.3 is 0 Å². The van der Waals surface area contributed by atoms with Gasteiger partial charge < -0.3 is 15.4 Å². The van der Waals surface area contributed by atoms with E-state index >= 15 is 0 Å². The SMILES string of the molecule is CCOc1ccc(NC(=O)CC2CCCNC2)cc1Cl. The summed E-state index contributed by atoms with van der Waals surface area (Å²) in [6, 6.07) is 5.32. The highest BCUT2D eigenvalue weighted by molar-refractivity contribution is 6.32. The maximum Gasteiger partial charge on any atom is 0.224 e. The fraction of sp³-hybridized carbons (Fsp3) is 0.533. The van der Waals surface area contributed by atoms with Gasteiger partial charge in [-0.25, -0.2) is 0 Å². The third kappa shape index (κ3) is 4.39. The van der Waals surface area contributed by atoms with Gasteiger partial charge in [0.1, 0.15) is 5.75 Å². The molecule has 1 aliphatic heterocycles. The molecule has 1 aromatic rings. The molecule has 20 heavy (non-hydrogen) atoms. The molecule has 1 atom stereocenters. The second-order valence-electron chi connectivity index (χ2n) is 5.04. The average molecular weight is 297 g/mol. The molecule has 110 valence electrons. The smallest absolute Gasteiger partial charge is 0.224 e. The van der Waals surface area contributed by atoms with Crippen LogP contribution in [0, 0.1) is 5.92 Å². The lowest BCUT2D eigenvalue weighted by atomic mass is 9.96. The zero-order valence-corrected chi connectivity index (χ0v) is 12.5. The number of benzene rings is 1. The van der Waals surface area contributed by atoms with Crippen molar-refractivity contribution in [3.63, 3.8) is 0 Å². The van der Waals surface area contributed by atoms with Gasteiger partial charge in [-0.3, -0.25) is 4.79 Å². The van der Waals surface area contributed by atoms with Gasteiger partial charge in [-0.15, -0.1) is 0 Å². The number of hydrogen-bond donors (Lipinski definition) is 2. The predicted molar refractivity (Wildman–Crippen MR) is 81.5 cm³/mol. The summed E-state index contributed by atoms with van der Waals surface area (Å²) in [6.45, 7) is 4.47. The van der Waals surface area contributed by atoms with E-state index in [1.807, 2.05) is 13.0 Å². The van der Waals surface area contributed by atoms with Crippen LogP contribution in [-0.4, -0.2) is 25.6 Å². The van der Waals surface area contributed by atoms with Crippen LogP contribution in [0.25, 0.3) is 0 Å². The van der Waals surface area contributed by atoms with Crippen molar-refractivity contribution in [2.45, 2.75) is 26.2 Å². The van der Waals surface area contributed by atoms with E-state index in [1.54, 1.807) is 12.1 Å². The molecule has 0 bridgehead atoms. The zero-order valence-electron chi connectivity index (χ0n) is 11.7. The molecule has 2 N–H and O–H groups in total. The fourth-order valence-corrected chi connectivity index (χ4v) is 2.66. The summed E-state index contributed by atoms with van der Waals surface area (Å²) in [5.41, 5.74) is 0.715. The number of amides is 1. The van der Waals surface area contributed by atoms with Crippen molar-refractivity contribution in [2.75, 3.05) is 25.0 Å². The number of carbonyl (C=O) groups is 1. The Kier molecular flexibility index (Phi) is 5.68. The summed E-state index contributed by atoms with van der Waals surface area (Å²) in [4.78, 5) is 12.0. The van der Waals surface area contributed by atoms with E-state index in [9.17, 15) is 4.79 Å². The van der Waals surface area contributed by atoms with Gasteiger partial charge in [-0.1, -0.05) is 11.6 Å². The van der Waals surface area contributed by atoms with Gasteiger partial charge in [-0.05, 0) is 57.0 Å². The average Bonchev–Trinajstić information content (AvgIpc) is 2.43. The first kappa shape index (κ1) is 15.1. The van der Waals surface area contributed by atoms with Gasteiger partial charge in [0.25, 0.3) is 0 Å². The van der Waals surface area contributed by atoms with Crippen molar-refractivity contribution in [2.24, 2.45) is 5.92 Å². The minimum Gasteiger partial charge on any atom is -0.492 e. The highest BCUT2D eigenvalue weighted by Crippen LogP contribution is 2.28.